The lowest BCUT2D eigenvalue weighted by Gasteiger charge is -2.26. The predicted molar refractivity (Wildman–Crippen MR) is 130 cm³/mol. The molecule has 2 aromatic carbocycles. The summed E-state index contributed by atoms with van der Waals surface area (Å²) in [6, 6.07) is 9.20. The topological polar surface area (TPSA) is 116 Å². The van der Waals surface area contributed by atoms with Crippen LogP contribution in [0.1, 0.15) is 12.5 Å². The zero-order valence-electron chi connectivity index (χ0n) is 19.4. The van der Waals surface area contributed by atoms with Crippen molar-refractivity contribution in [3.05, 3.63) is 71.8 Å². The van der Waals surface area contributed by atoms with Gasteiger partial charge in [0.1, 0.15) is 17.2 Å². The molecule has 4 aromatic rings. The van der Waals surface area contributed by atoms with Crippen molar-refractivity contribution in [1.29, 1.82) is 5.26 Å². The molecule has 0 saturated heterocycles. The van der Waals surface area contributed by atoms with Crippen LogP contribution in [0, 0.1) is 34.7 Å². The van der Waals surface area contributed by atoms with Crippen molar-refractivity contribution in [2.75, 3.05) is 18.5 Å². The molecule has 2 aromatic heterocycles. The number of anilines is 1. The number of aliphatic imine (C=N–C) groups is 1. The number of pyridine rings is 1. The number of nitriles is 1. The number of nitrogens with zero attached hydrogens (tertiary/aromatic N) is 3. The number of aromatic amines is 1. The summed E-state index contributed by atoms with van der Waals surface area (Å²) in [4.78, 5) is 11.3. The highest BCUT2D eigenvalue weighted by atomic mass is 19.1. The summed E-state index contributed by atoms with van der Waals surface area (Å²) in [5.41, 5.74) is 1.04. The third kappa shape index (κ3) is 4.66. The number of fused-ring (bicyclic) bond motifs is 1. The van der Waals surface area contributed by atoms with Crippen molar-refractivity contribution < 1.29 is 27.8 Å². The zero-order chi connectivity index (χ0) is 26.1. The van der Waals surface area contributed by atoms with Gasteiger partial charge in [-0.1, -0.05) is 6.07 Å². The first-order valence-electron chi connectivity index (χ1n) is 11.3. The van der Waals surface area contributed by atoms with Gasteiger partial charge in [-0.3, -0.25) is 0 Å². The van der Waals surface area contributed by atoms with E-state index < -0.39 is 23.2 Å². The smallest absolute Gasteiger partial charge is 0.289 e. The first-order valence-corrected chi connectivity index (χ1v) is 11.3. The fraction of sp³-hybridized carbons (Fsp3) is 0.192. The van der Waals surface area contributed by atoms with Crippen molar-refractivity contribution in [2.24, 2.45) is 10.9 Å². The molecule has 0 radical (unpaired) electrons. The summed E-state index contributed by atoms with van der Waals surface area (Å²) in [6.07, 6.45) is 2.89. The summed E-state index contributed by atoms with van der Waals surface area (Å²) in [5, 5.41) is 21.4. The largest absolute Gasteiger partial charge is 0.465 e. The first-order chi connectivity index (χ1) is 17.9. The number of H-pyrrole nitrogens is 1. The van der Waals surface area contributed by atoms with Gasteiger partial charge in [-0.2, -0.15) is 5.26 Å². The maximum absolute atomic E-state index is 15.0. The standard InChI is InChI=1S/C26H20F3N5O3/c1-13-15(11-35)12-36-26(33-13)34-16-7-20(28)24(21(29)8-16)37-22-4-5-31-25-23(22)18(10-32-25)17-3-2-14(9-30)6-19(17)27/h2-8,10,13,15,35H,11-12H2,1H3,(H,31,32)(H,33,34). The minimum absolute atomic E-state index is 0.0485. The van der Waals surface area contributed by atoms with Crippen molar-refractivity contribution in [3.8, 4) is 28.7 Å². The van der Waals surface area contributed by atoms with Crippen LogP contribution in [-0.2, 0) is 4.74 Å². The maximum Gasteiger partial charge on any atom is 0.289 e. The molecular weight excluding hydrogens is 487 g/mol. The summed E-state index contributed by atoms with van der Waals surface area (Å²) >= 11 is 0. The Labute approximate surface area is 209 Å². The minimum Gasteiger partial charge on any atom is -0.465 e. The number of hydrogen-bond donors (Lipinski definition) is 3. The monoisotopic (exact) mass is 507 g/mol. The van der Waals surface area contributed by atoms with Gasteiger partial charge in [-0.05, 0) is 25.1 Å². The minimum atomic E-state index is -0.994. The number of nitrogens with one attached hydrogen (secondary N) is 2. The first kappa shape index (κ1) is 24.1. The second-order valence-electron chi connectivity index (χ2n) is 8.47. The van der Waals surface area contributed by atoms with Crippen molar-refractivity contribution in [3.63, 3.8) is 0 Å². The van der Waals surface area contributed by atoms with Crippen LogP contribution < -0.4 is 10.1 Å². The van der Waals surface area contributed by atoms with E-state index in [2.05, 4.69) is 20.3 Å². The maximum atomic E-state index is 15.0. The molecule has 37 heavy (non-hydrogen) atoms. The van der Waals surface area contributed by atoms with Crippen LogP contribution in [-0.4, -0.2) is 40.4 Å². The number of rotatable bonds is 5. The number of aliphatic hydroxyl groups is 1. The van der Waals surface area contributed by atoms with E-state index in [4.69, 9.17) is 14.7 Å². The van der Waals surface area contributed by atoms with E-state index in [1.807, 2.05) is 6.07 Å². The van der Waals surface area contributed by atoms with Gasteiger partial charge in [0.15, 0.2) is 17.4 Å². The van der Waals surface area contributed by atoms with E-state index in [1.165, 1.54) is 30.6 Å². The molecule has 0 bridgehead atoms. The molecule has 1 aliphatic heterocycles. The van der Waals surface area contributed by atoms with Gasteiger partial charge in [0, 0.05) is 47.3 Å². The van der Waals surface area contributed by atoms with Crippen LogP contribution in [0.3, 0.4) is 0 Å². The summed E-state index contributed by atoms with van der Waals surface area (Å²) in [5.74, 6) is -3.41. The molecular formula is C26H20F3N5O3. The van der Waals surface area contributed by atoms with Crippen LogP contribution in [0.2, 0.25) is 0 Å². The van der Waals surface area contributed by atoms with E-state index in [1.54, 1.807) is 6.92 Å². The molecule has 2 atom stereocenters. The number of aromatic nitrogens is 2. The van der Waals surface area contributed by atoms with Crippen molar-refractivity contribution in [1.82, 2.24) is 9.97 Å². The SMILES string of the molecule is CC1N=C(Nc2cc(F)c(Oc3ccnc4[nH]cc(-c5ccc(C#N)cc5F)c34)c(F)c2)OCC1CO. The molecule has 0 saturated carbocycles. The number of aliphatic hydroxyl groups excluding tert-OH is 1. The Hall–Kier alpha value is -4.56. The van der Waals surface area contributed by atoms with Crippen molar-refractivity contribution >= 4 is 22.7 Å². The molecule has 11 heteroatoms. The molecule has 3 heterocycles. The highest BCUT2D eigenvalue weighted by molar-refractivity contribution is 5.98. The van der Waals surface area contributed by atoms with E-state index >= 15 is 8.78 Å². The third-order valence-electron chi connectivity index (χ3n) is 6.06. The number of ether oxygens (including phenoxy) is 2. The summed E-state index contributed by atoms with van der Waals surface area (Å²) in [7, 11) is 0. The average molecular weight is 507 g/mol. The molecule has 8 nitrogen and oxygen atoms in total. The normalized spacial score (nSPS) is 17.1. The Morgan fingerprint density at radius 2 is 1.95 bits per heavy atom. The third-order valence-corrected chi connectivity index (χ3v) is 6.06. The molecule has 0 spiro atoms. The molecule has 0 aliphatic carbocycles. The lowest BCUT2D eigenvalue weighted by molar-refractivity contribution is 0.125. The van der Waals surface area contributed by atoms with Gasteiger partial charge in [0.25, 0.3) is 6.02 Å². The number of hydrogen-bond acceptors (Lipinski definition) is 7. The van der Waals surface area contributed by atoms with Crippen LogP contribution in [0.5, 0.6) is 11.5 Å². The number of halogens is 3. The Kier molecular flexibility index (Phi) is 6.42. The van der Waals surface area contributed by atoms with Gasteiger partial charge in [-0.25, -0.2) is 23.1 Å². The lowest BCUT2D eigenvalue weighted by atomic mass is 10.0. The average Bonchev–Trinajstić information content (AvgIpc) is 3.31. The molecule has 2 unspecified atom stereocenters. The van der Waals surface area contributed by atoms with E-state index in [-0.39, 0.29) is 53.8 Å². The quantitative estimate of drug-likeness (QED) is 0.346. The van der Waals surface area contributed by atoms with Gasteiger partial charge in [0.2, 0.25) is 0 Å². The predicted octanol–water partition coefficient (Wildman–Crippen LogP) is 5.11. The van der Waals surface area contributed by atoms with Crippen LogP contribution in [0.15, 0.2) is 53.8 Å². The van der Waals surface area contributed by atoms with Crippen LogP contribution in [0.4, 0.5) is 18.9 Å². The molecule has 3 N–H and O–H groups in total. The Bertz CT molecular complexity index is 1540. The number of benzene rings is 2. The Morgan fingerprint density at radius 3 is 2.62 bits per heavy atom. The second kappa shape index (κ2) is 9.83. The van der Waals surface area contributed by atoms with Gasteiger partial charge in [-0.15, -0.1) is 0 Å². The van der Waals surface area contributed by atoms with Crippen LogP contribution in [0.25, 0.3) is 22.2 Å². The van der Waals surface area contributed by atoms with Crippen LogP contribution >= 0.6 is 0 Å². The highest BCUT2D eigenvalue weighted by Crippen LogP contribution is 2.39. The lowest BCUT2D eigenvalue weighted by Crippen LogP contribution is -2.35. The fourth-order valence-corrected chi connectivity index (χ4v) is 4.02. The van der Waals surface area contributed by atoms with Gasteiger partial charge >= 0.3 is 0 Å². The van der Waals surface area contributed by atoms with Crippen molar-refractivity contribution in [2.45, 2.75) is 13.0 Å². The summed E-state index contributed by atoms with van der Waals surface area (Å²) in [6.45, 7) is 1.93. The molecule has 0 fully saturated rings. The van der Waals surface area contributed by atoms with E-state index in [9.17, 15) is 9.50 Å². The van der Waals surface area contributed by atoms with Gasteiger partial charge < -0.3 is 24.9 Å². The highest BCUT2D eigenvalue weighted by Gasteiger charge is 2.24. The Balaban J connectivity index is 1.47. The zero-order valence-corrected chi connectivity index (χ0v) is 19.4. The fourth-order valence-electron chi connectivity index (χ4n) is 4.02. The van der Waals surface area contributed by atoms with Gasteiger partial charge in [0.05, 0.1) is 36.3 Å². The number of amidine groups is 1. The Morgan fingerprint density at radius 1 is 1.16 bits per heavy atom. The molecule has 188 valence electrons. The second-order valence-corrected chi connectivity index (χ2v) is 8.47. The molecule has 0 amide bonds. The van der Waals surface area contributed by atoms with E-state index in [0.29, 0.717) is 16.6 Å². The summed E-state index contributed by atoms with van der Waals surface area (Å²) < 4.78 is 55.8. The molecule has 5 rings (SSSR count). The molecule has 1 aliphatic rings. The van der Waals surface area contributed by atoms with E-state index in [0.717, 1.165) is 18.2 Å².